The van der Waals surface area contributed by atoms with Crippen LogP contribution < -0.4 is 4.90 Å². The van der Waals surface area contributed by atoms with Crippen LogP contribution in [0, 0.1) is 0 Å². The van der Waals surface area contributed by atoms with Crippen LogP contribution in [0.1, 0.15) is 0 Å². The van der Waals surface area contributed by atoms with Crippen LogP contribution >= 0.6 is 22.7 Å². The molecular formula is C48H29NOS2. The summed E-state index contributed by atoms with van der Waals surface area (Å²) in [5.41, 5.74) is 9.95. The van der Waals surface area contributed by atoms with Gasteiger partial charge in [-0.25, -0.2) is 0 Å². The highest BCUT2D eigenvalue weighted by Gasteiger charge is 2.19. The van der Waals surface area contributed by atoms with E-state index in [0.29, 0.717) is 0 Å². The Morgan fingerprint density at radius 1 is 0.346 bits per heavy atom. The minimum atomic E-state index is 0.910. The first-order valence-electron chi connectivity index (χ1n) is 17.5. The summed E-state index contributed by atoms with van der Waals surface area (Å²) in [4.78, 5) is 2.41. The Kier molecular flexibility index (Phi) is 6.63. The second kappa shape index (κ2) is 11.7. The average Bonchev–Trinajstić information content (AvgIpc) is 3.90. The van der Waals surface area contributed by atoms with Crippen molar-refractivity contribution >= 4 is 102 Å². The zero-order valence-electron chi connectivity index (χ0n) is 27.9. The fourth-order valence-corrected chi connectivity index (χ4v) is 10.0. The molecule has 11 rings (SSSR count). The normalized spacial score (nSPS) is 11.8. The van der Waals surface area contributed by atoms with E-state index in [2.05, 4.69) is 169 Å². The summed E-state index contributed by atoms with van der Waals surface area (Å²) < 4.78 is 11.5. The number of thiophene rings is 2. The molecule has 3 heterocycles. The maximum Gasteiger partial charge on any atom is 0.136 e. The molecule has 0 aliphatic rings. The van der Waals surface area contributed by atoms with Crippen LogP contribution in [0.3, 0.4) is 0 Å². The lowest BCUT2D eigenvalue weighted by Gasteiger charge is -2.26. The molecule has 0 aliphatic heterocycles. The monoisotopic (exact) mass is 699 g/mol. The number of anilines is 3. The predicted molar refractivity (Wildman–Crippen MR) is 225 cm³/mol. The quantitative estimate of drug-likeness (QED) is 0.178. The SMILES string of the molecule is c1ccc2c(c1)oc1cc(-c3ccc(N(c4ccc(-c5ccc6sc7ccccc7c6c5)cc4)c4cccc5c4sc4ccccc45)cc3)ccc12. The number of furan rings is 1. The van der Waals surface area contributed by atoms with Crippen LogP contribution in [0.15, 0.2) is 180 Å². The number of hydrogen-bond donors (Lipinski definition) is 0. The fraction of sp³-hybridized carbons (Fsp3) is 0. The number of rotatable bonds is 5. The van der Waals surface area contributed by atoms with Gasteiger partial charge >= 0.3 is 0 Å². The lowest BCUT2D eigenvalue weighted by Crippen LogP contribution is -2.10. The van der Waals surface area contributed by atoms with E-state index in [0.717, 1.165) is 44.4 Å². The molecule has 0 aliphatic carbocycles. The minimum Gasteiger partial charge on any atom is -0.456 e. The first-order valence-corrected chi connectivity index (χ1v) is 19.1. The number of fused-ring (bicyclic) bond motifs is 9. The Morgan fingerprint density at radius 2 is 0.885 bits per heavy atom. The minimum absolute atomic E-state index is 0.910. The molecule has 8 aromatic carbocycles. The Morgan fingerprint density at radius 3 is 1.63 bits per heavy atom. The number of hydrogen-bond acceptors (Lipinski definition) is 4. The summed E-state index contributed by atoms with van der Waals surface area (Å²) in [6.45, 7) is 0. The van der Waals surface area contributed by atoms with Gasteiger partial charge in [0.15, 0.2) is 0 Å². The molecule has 244 valence electrons. The topological polar surface area (TPSA) is 16.4 Å². The summed E-state index contributed by atoms with van der Waals surface area (Å²) in [5, 5.41) is 7.52. The summed E-state index contributed by atoms with van der Waals surface area (Å²) in [5.74, 6) is 0. The molecule has 0 radical (unpaired) electrons. The zero-order valence-corrected chi connectivity index (χ0v) is 29.5. The van der Waals surface area contributed by atoms with Gasteiger partial charge in [0.2, 0.25) is 0 Å². The van der Waals surface area contributed by atoms with Crippen LogP contribution in [-0.4, -0.2) is 0 Å². The van der Waals surface area contributed by atoms with E-state index in [9.17, 15) is 0 Å². The second-order valence-electron chi connectivity index (χ2n) is 13.3. The molecule has 0 unspecified atom stereocenters. The van der Waals surface area contributed by atoms with Crippen LogP contribution in [0.5, 0.6) is 0 Å². The molecular weight excluding hydrogens is 671 g/mol. The number of para-hydroxylation sites is 1. The van der Waals surface area contributed by atoms with Crippen LogP contribution in [0.4, 0.5) is 17.1 Å². The second-order valence-corrected chi connectivity index (χ2v) is 15.4. The lowest BCUT2D eigenvalue weighted by molar-refractivity contribution is 0.669. The van der Waals surface area contributed by atoms with E-state index >= 15 is 0 Å². The van der Waals surface area contributed by atoms with Gasteiger partial charge in [-0.05, 0) is 95.1 Å². The maximum atomic E-state index is 6.23. The fourth-order valence-electron chi connectivity index (χ4n) is 7.75. The third-order valence-corrected chi connectivity index (χ3v) is 12.7. The van der Waals surface area contributed by atoms with Gasteiger partial charge in [-0.2, -0.15) is 0 Å². The highest BCUT2D eigenvalue weighted by molar-refractivity contribution is 7.26. The van der Waals surface area contributed by atoms with E-state index in [1.807, 2.05) is 34.8 Å². The molecule has 0 bridgehead atoms. The summed E-state index contributed by atoms with van der Waals surface area (Å²) >= 11 is 3.72. The van der Waals surface area contributed by atoms with Crippen LogP contribution in [-0.2, 0) is 0 Å². The van der Waals surface area contributed by atoms with Crippen molar-refractivity contribution in [2.24, 2.45) is 0 Å². The van der Waals surface area contributed by atoms with Crippen molar-refractivity contribution < 1.29 is 4.42 Å². The molecule has 0 atom stereocenters. The van der Waals surface area contributed by atoms with E-state index in [-0.39, 0.29) is 0 Å². The van der Waals surface area contributed by atoms with Crippen molar-refractivity contribution in [2.75, 3.05) is 4.90 Å². The Balaban J connectivity index is 1.02. The molecule has 4 heteroatoms. The highest BCUT2D eigenvalue weighted by Crippen LogP contribution is 2.45. The molecule has 0 saturated heterocycles. The van der Waals surface area contributed by atoms with Crippen molar-refractivity contribution in [3.05, 3.63) is 176 Å². The summed E-state index contributed by atoms with van der Waals surface area (Å²) in [6, 6.07) is 63.8. The van der Waals surface area contributed by atoms with Gasteiger partial charge in [-0.15, -0.1) is 22.7 Å². The molecule has 52 heavy (non-hydrogen) atoms. The summed E-state index contributed by atoms with van der Waals surface area (Å²) in [6.07, 6.45) is 0. The molecule has 2 nitrogen and oxygen atoms in total. The van der Waals surface area contributed by atoms with Crippen molar-refractivity contribution in [3.63, 3.8) is 0 Å². The van der Waals surface area contributed by atoms with Gasteiger partial charge in [0.25, 0.3) is 0 Å². The molecule has 0 fully saturated rings. The standard InChI is InChI=1S/C48H29NOS2/c1-4-13-43-36(8-1)37-26-20-33(29-44(37)50-43)31-18-24-35(25-19-31)49(42-12-7-11-40-38-9-2-6-15-46(38)52-48(40)42)34-22-16-30(17-23-34)32-21-27-47-41(28-32)39-10-3-5-14-45(39)51-47/h1-29H. The first-order chi connectivity index (χ1) is 25.7. The van der Waals surface area contributed by atoms with Gasteiger partial charge in [0, 0.05) is 57.8 Å². The van der Waals surface area contributed by atoms with E-state index in [1.165, 1.54) is 57.2 Å². The average molecular weight is 700 g/mol. The Hall–Kier alpha value is -6.20. The molecule has 0 saturated carbocycles. The van der Waals surface area contributed by atoms with E-state index in [4.69, 9.17) is 4.42 Å². The van der Waals surface area contributed by atoms with Crippen molar-refractivity contribution in [2.45, 2.75) is 0 Å². The van der Waals surface area contributed by atoms with Gasteiger partial charge in [-0.1, -0.05) is 103 Å². The van der Waals surface area contributed by atoms with Gasteiger partial charge < -0.3 is 9.32 Å². The third-order valence-electron chi connectivity index (χ3n) is 10.3. The zero-order chi connectivity index (χ0) is 34.2. The van der Waals surface area contributed by atoms with Crippen LogP contribution in [0.2, 0.25) is 0 Å². The Labute approximate surface area is 308 Å². The third kappa shape index (κ3) is 4.69. The van der Waals surface area contributed by atoms with Gasteiger partial charge in [0.1, 0.15) is 11.2 Å². The first kappa shape index (κ1) is 29.5. The molecule has 0 amide bonds. The number of benzene rings is 8. The lowest BCUT2D eigenvalue weighted by atomic mass is 10.0. The Bertz CT molecular complexity index is 3130. The predicted octanol–water partition coefficient (Wildman–Crippen LogP) is 15.1. The highest BCUT2D eigenvalue weighted by atomic mass is 32.1. The van der Waals surface area contributed by atoms with Gasteiger partial charge in [0.05, 0.1) is 10.4 Å². The van der Waals surface area contributed by atoms with Crippen molar-refractivity contribution in [1.82, 2.24) is 0 Å². The van der Waals surface area contributed by atoms with E-state index in [1.54, 1.807) is 0 Å². The molecule has 0 N–H and O–H groups in total. The molecule has 0 spiro atoms. The molecule has 3 aromatic heterocycles. The van der Waals surface area contributed by atoms with E-state index < -0.39 is 0 Å². The largest absolute Gasteiger partial charge is 0.456 e. The summed E-state index contributed by atoms with van der Waals surface area (Å²) in [7, 11) is 0. The van der Waals surface area contributed by atoms with Crippen molar-refractivity contribution in [1.29, 1.82) is 0 Å². The van der Waals surface area contributed by atoms with Crippen molar-refractivity contribution in [3.8, 4) is 22.3 Å². The van der Waals surface area contributed by atoms with Crippen LogP contribution in [0.25, 0.3) is 84.5 Å². The van der Waals surface area contributed by atoms with Gasteiger partial charge in [-0.3, -0.25) is 0 Å². The number of nitrogens with zero attached hydrogens (tertiary/aromatic N) is 1. The smallest absolute Gasteiger partial charge is 0.136 e. The maximum absolute atomic E-state index is 6.23. The molecule has 11 aromatic rings.